The van der Waals surface area contributed by atoms with Gasteiger partial charge in [-0.05, 0) is 73.5 Å². The molecule has 7 heteroatoms. The summed E-state index contributed by atoms with van der Waals surface area (Å²) in [5, 5.41) is 2.94. The molecule has 1 aliphatic heterocycles. The lowest BCUT2D eigenvalue weighted by Gasteiger charge is -2.22. The molecule has 1 saturated heterocycles. The van der Waals surface area contributed by atoms with Gasteiger partial charge in [-0.3, -0.25) is 9.69 Å². The molecule has 0 radical (unpaired) electrons. The number of carbonyl (C=O) groups excluding carboxylic acids is 1. The van der Waals surface area contributed by atoms with Gasteiger partial charge < -0.3 is 5.32 Å². The van der Waals surface area contributed by atoms with E-state index in [9.17, 15) is 13.2 Å². The van der Waals surface area contributed by atoms with Gasteiger partial charge in [0, 0.05) is 26.1 Å². The number of rotatable bonds is 10. The van der Waals surface area contributed by atoms with Gasteiger partial charge in [-0.2, -0.15) is 0 Å². The topological polar surface area (TPSA) is 78.5 Å². The van der Waals surface area contributed by atoms with Crippen LogP contribution in [0.25, 0.3) is 0 Å². The first-order valence-corrected chi connectivity index (χ1v) is 14.1. The molecule has 2 fully saturated rings. The van der Waals surface area contributed by atoms with Crippen molar-refractivity contribution in [2.75, 3.05) is 19.6 Å². The van der Waals surface area contributed by atoms with Crippen LogP contribution in [-0.2, 0) is 27.9 Å². The molecule has 34 heavy (non-hydrogen) atoms. The summed E-state index contributed by atoms with van der Waals surface area (Å²) in [5.74, 6) is 0.383. The maximum absolute atomic E-state index is 12.6. The Labute approximate surface area is 204 Å². The summed E-state index contributed by atoms with van der Waals surface area (Å²) >= 11 is 0. The van der Waals surface area contributed by atoms with Crippen molar-refractivity contribution in [2.24, 2.45) is 0 Å². The SMILES string of the molecule is O=C(CCNS(=O)(=O)c1ccc(C2CCCCC2)cc1)NCc1ccccc1CN1CCCC1. The monoisotopic (exact) mass is 483 g/mol. The predicted octanol–water partition coefficient (Wildman–Crippen LogP) is 4.31. The summed E-state index contributed by atoms with van der Waals surface area (Å²) in [6, 6.07) is 15.4. The molecule has 4 rings (SSSR count). The minimum Gasteiger partial charge on any atom is -0.352 e. The second kappa shape index (κ2) is 12.0. The molecule has 0 unspecified atom stereocenters. The zero-order chi connectivity index (χ0) is 23.8. The van der Waals surface area contributed by atoms with E-state index >= 15 is 0 Å². The Balaban J connectivity index is 1.23. The van der Waals surface area contributed by atoms with Crippen LogP contribution in [-0.4, -0.2) is 38.9 Å². The van der Waals surface area contributed by atoms with Crippen molar-refractivity contribution < 1.29 is 13.2 Å². The largest absolute Gasteiger partial charge is 0.352 e. The summed E-state index contributed by atoms with van der Waals surface area (Å²) in [7, 11) is -3.63. The van der Waals surface area contributed by atoms with E-state index in [2.05, 4.69) is 21.0 Å². The Bertz CT molecular complexity index is 1040. The quantitative estimate of drug-likeness (QED) is 0.528. The standard InChI is InChI=1S/C27H37N3O3S/c31-27(28-20-24-10-4-5-11-25(24)21-30-18-6-7-19-30)16-17-29-34(32,33)26-14-12-23(13-15-26)22-8-2-1-3-9-22/h4-5,10-15,22,29H,1-3,6-9,16-21H2,(H,28,31). The maximum atomic E-state index is 12.6. The molecule has 1 saturated carbocycles. The van der Waals surface area contributed by atoms with E-state index in [1.807, 2.05) is 30.3 Å². The second-order valence-corrected chi connectivity index (χ2v) is 11.3. The van der Waals surface area contributed by atoms with Gasteiger partial charge in [-0.15, -0.1) is 0 Å². The highest BCUT2D eigenvalue weighted by Gasteiger charge is 2.18. The molecule has 0 atom stereocenters. The van der Waals surface area contributed by atoms with Gasteiger partial charge in [-0.25, -0.2) is 13.1 Å². The molecule has 6 nitrogen and oxygen atoms in total. The first-order valence-electron chi connectivity index (χ1n) is 12.7. The molecule has 2 aliphatic rings. The lowest BCUT2D eigenvalue weighted by Crippen LogP contribution is -2.31. The van der Waals surface area contributed by atoms with Crippen molar-refractivity contribution >= 4 is 15.9 Å². The van der Waals surface area contributed by atoms with Gasteiger partial charge in [0.1, 0.15) is 0 Å². The molecule has 1 heterocycles. The molecule has 1 amide bonds. The van der Waals surface area contributed by atoms with Crippen LogP contribution >= 0.6 is 0 Å². The Kier molecular flexibility index (Phi) is 8.75. The van der Waals surface area contributed by atoms with Gasteiger partial charge in [0.05, 0.1) is 4.90 Å². The lowest BCUT2D eigenvalue weighted by atomic mass is 9.84. The number of sulfonamides is 1. The fraction of sp³-hybridized carbons (Fsp3) is 0.519. The van der Waals surface area contributed by atoms with Crippen LogP contribution in [0.1, 0.15) is 74.0 Å². The van der Waals surface area contributed by atoms with Crippen molar-refractivity contribution in [2.45, 2.75) is 75.3 Å². The average Bonchev–Trinajstić information content (AvgIpc) is 3.37. The van der Waals surface area contributed by atoms with E-state index < -0.39 is 10.0 Å². The van der Waals surface area contributed by atoms with Crippen molar-refractivity contribution in [3.8, 4) is 0 Å². The molecule has 0 bridgehead atoms. The van der Waals surface area contributed by atoms with Crippen LogP contribution in [0.3, 0.4) is 0 Å². The summed E-state index contributed by atoms with van der Waals surface area (Å²) in [6.07, 6.45) is 8.76. The second-order valence-electron chi connectivity index (χ2n) is 9.58. The van der Waals surface area contributed by atoms with E-state index in [4.69, 9.17) is 0 Å². The number of amides is 1. The van der Waals surface area contributed by atoms with Gasteiger partial charge >= 0.3 is 0 Å². The Morgan fingerprint density at radius 3 is 2.26 bits per heavy atom. The Morgan fingerprint density at radius 2 is 1.56 bits per heavy atom. The van der Waals surface area contributed by atoms with Gasteiger partial charge in [0.15, 0.2) is 0 Å². The van der Waals surface area contributed by atoms with E-state index in [1.165, 1.54) is 56.1 Å². The first kappa shape index (κ1) is 24.9. The molecule has 0 aromatic heterocycles. The van der Waals surface area contributed by atoms with Crippen LogP contribution in [0, 0.1) is 0 Å². The number of benzene rings is 2. The van der Waals surface area contributed by atoms with Crippen molar-refractivity contribution in [1.82, 2.24) is 14.9 Å². The number of nitrogens with one attached hydrogen (secondary N) is 2. The highest BCUT2D eigenvalue weighted by Crippen LogP contribution is 2.32. The fourth-order valence-corrected chi connectivity index (χ4v) is 6.12. The third-order valence-corrected chi connectivity index (χ3v) is 8.58. The zero-order valence-corrected chi connectivity index (χ0v) is 20.8. The molecule has 2 aromatic rings. The molecule has 2 aromatic carbocycles. The third kappa shape index (κ3) is 6.90. The van der Waals surface area contributed by atoms with Crippen molar-refractivity contribution in [3.05, 3.63) is 65.2 Å². The highest BCUT2D eigenvalue weighted by atomic mass is 32.2. The van der Waals surface area contributed by atoms with E-state index in [1.54, 1.807) is 12.1 Å². The number of hydrogen-bond acceptors (Lipinski definition) is 4. The number of hydrogen-bond donors (Lipinski definition) is 2. The molecule has 0 spiro atoms. The predicted molar refractivity (Wildman–Crippen MR) is 135 cm³/mol. The van der Waals surface area contributed by atoms with Crippen LogP contribution in [0.4, 0.5) is 0 Å². The lowest BCUT2D eigenvalue weighted by molar-refractivity contribution is -0.121. The van der Waals surface area contributed by atoms with Crippen LogP contribution in [0.2, 0.25) is 0 Å². The molecule has 2 N–H and O–H groups in total. The zero-order valence-electron chi connectivity index (χ0n) is 20.0. The van der Waals surface area contributed by atoms with Gasteiger partial charge in [0.2, 0.25) is 15.9 Å². The number of nitrogens with zero attached hydrogens (tertiary/aromatic N) is 1. The smallest absolute Gasteiger partial charge is 0.240 e. The van der Waals surface area contributed by atoms with Crippen LogP contribution in [0.5, 0.6) is 0 Å². The highest BCUT2D eigenvalue weighted by molar-refractivity contribution is 7.89. The molecule has 184 valence electrons. The van der Waals surface area contributed by atoms with E-state index in [0.29, 0.717) is 12.5 Å². The van der Waals surface area contributed by atoms with Crippen LogP contribution < -0.4 is 10.0 Å². The Hall–Kier alpha value is -2.22. The number of likely N-dealkylation sites (tertiary alicyclic amines) is 1. The molecule has 1 aliphatic carbocycles. The third-order valence-electron chi connectivity index (χ3n) is 7.10. The molecular weight excluding hydrogens is 446 g/mol. The minimum absolute atomic E-state index is 0.0773. The van der Waals surface area contributed by atoms with Crippen LogP contribution in [0.15, 0.2) is 53.4 Å². The average molecular weight is 484 g/mol. The Morgan fingerprint density at radius 1 is 0.882 bits per heavy atom. The van der Waals surface area contributed by atoms with Crippen molar-refractivity contribution in [3.63, 3.8) is 0 Å². The number of carbonyl (C=O) groups is 1. The van der Waals surface area contributed by atoms with E-state index in [-0.39, 0.29) is 23.8 Å². The maximum Gasteiger partial charge on any atom is 0.240 e. The summed E-state index contributed by atoms with van der Waals surface area (Å²) in [5.41, 5.74) is 3.58. The normalized spacial score (nSPS) is 17.6. The van der Waals surface area contributed by atoms with Gasteiger partial charge in [0.25, 0.3) is 0 Å². The van der Waals surface area contributed by atoms with E-state index in [0.717, 1.165) is 25.2 Å². The summed E-state index contributed by atoms with van der Waals surface area (Å²) < 4.78 is 27.9. The van der Waals surface area contributed by atoms with Crippen molar-refractivity contribution in [1.29, 1.82) is 0 Å². The molecular formula is C27H37N3O3S. The fourth-order valence-electron chi connectivity index (χ4n) is 5.09. The summed E-state index contributed by atoms with van der Waals surface area (Å²) in [4.78, 5) is 15.1. The minimum atomic E-state index is -3.63. The van der Waals surface area contributed by atoms with Gasteiger partial charge in [-0.1, -0.05) is 55.7 Å². The first-order chi connectivity index (χ1) is 16.5. The summed E-state index contributed by atoms with van der Waals surface area (Å²) in [6.45, 7) is 3.70.